The Morgan fingerprint density at radius 3 is 2.39 bits per heavy atom. The molecule has 6 nitrogen and oxygen atoms in total. The predicted molar refractivity (Wildman–Crippen MR) is 110 cm³/mol. The summed E-state index contributed by atoms with van der Waals surface area (Å²) in [5, 5.41) is 11.4. The number of nitriles is 1. The molecule has 146 valence electrons. The number of aromatic nitrogens is 1. The number of aryl methyl sites for hydroxylation is 2. The Kier molecular flexibility index (Phi) is 7.47. The maximum absolute atomic E-state index is 12.5. The Labute approximate surface area is 169 Å². The van der Waals surface area contributed by atoms with Crippen molar-refractivity contribution in [1.82, 2.24) is 4.98 Å². The average Bonchev–Trinajstić information content (AvgIpc) is 3.14. The van der Waals surface area contributed by atoms with Gasteiger partial charge in [-0.1, -0.05) is 32.0 Å². The standard InChI is InChI=1S/C21H23N3O3S/c1-5-15-9-8-10-16(6-2)19(15)24(14(4)25)21-23-18(13-28-21)11-17(12-22)20(26)27-7-3/h8-11,13H,5-7H2,1-4H3/b17-11-. The molecule has 0 N–H and O–H groups in total. The van der Waals surface area contributed by atoms with Crippen LogP contribution in [0.3, 0.4) is 0 Å². The Balaban J connectivity index is 2.51. The number of thiazole rings is 1. The molecule has 0 atom stereocenters. The second-order valence-electron chi connectivity index (χ2n) is 5.93. The Bertz CT molecular complexity index is 918. The molecule has 1 amide bonds. The van der Waals surface area contributed by atoms with Crippen molar-refractivity contribution in [2.24, 2.45) is 0 Å². The zero-order valence-corrected chi connectivity index (χ0v) is 17.3. The molecule has 0 fully saturated rings. The van der Waals surface area contributed by atoms with Crippen LogP contribution in [0.15, 0.2) is 29.2 Å². The summed E-state index contributed by atoms with van der Waals surface area (Å²) in [6.07, 6.45) is 2.95. The van der Waals surface area contributed by atoms with Gasteiger partial charge in [-0.3, -0.25) is 9.69 Å². The van der Waals surface area contributed by atoms with E-state index in [0.29, 0.717) is 10.8 Å². The molecule has 2 rings (SSSR count). The molecular formula is C21H23N3O3S. The van der Waals surface area contributed by atoms with E-state index in [1.165, 1.54) is 24.3 Å². The number of anilines is 2. The van der Waals surface area contributed by atoms with E-state index in [-0.39, 0.29) is 18.1 Å². The first kappa shape index (κ1) is 21.3. The van der Waals surface area contributed by atoms with Crippen molar-refractivity contribution in [3.63, 3.8) is 0 Å². The number of hydrogen-bond donors (Lipinski definition) is 0. The van der Waals surface area contributed by atoms with Gasteiger partial charge >= 0.3 is 5.97 Å². The zero-order chi connectivity index (χ0) is 20.7. The molecule has 0 radical (unpaired) electrons. The highest BCUT2D eigenvalue weighted by atomic mass is 32.1. The molecule has 7 heteroatoms. The molecule has 28 heavy (non-hydrogen) atoms. The van der Waals surface area contributed by atoms with Gasteiger partial charge in [0, 0.05) is 12.3 Å². The molecule has 0 spiro atoms. The van der Waals surface area contributed by atoms with Crippen LogP contribution in [-0.4, -0.2) is 23.5 Å². The molecule has 1 heterocycles. The number of amides is 1. The minimum absolute atomic E-state index is 0.128. The monoisotopic (exact) mass is 397 g/mol. The van der Waals surface area contributed by atoms with Gasteiger partial charge in [-0.15, -0.1) is 11.3 Å². The fraction of sp³-hybridized carbons (Fsp3) is 0.333. The summed E-state index contributed by atoms with van der Waals surface area (Å²) in [5.41, 5.74) is 3.28. The van der Waals surface area contributed by atoms with Crippen molar-refractivity contribution < 1.29 is 14.3 Å². The maximum atomic E-state index is 12.5. The third-order valence-electron chi connectivity index (χ3n) is 4.11. The summed E-state index contributed by atoms with van der Waals surface area (Å²) in [6, 6.07) is 7.84. The number of esters is 1. The minimum atomic E-state index is -0.687. The molecule has 2 aromatic rings. The van der Waals surface area contributed by atoms with Crippen molar-refractivity contribution in [2.45, 2.75) is 40.5 Å². The largest absolute Gasteiger partial charge is 0.462 e. The number of carbonyl (C=O) groups is 2. The van der Waals surface area contributed by atoms with Crippen LogP contribution in [0, 0.1) is 11.3 Å². The first-order chi connectivity index (χ1) is 13.5. The molecule has 1 aromatic heterocycles. The molecule has 0 aliphatic heterocycles. The SMILES string of the molecule is CCOC(=O)/C(C#N)=C\c1csc(N(C(C)=O)c2c(CC)cccc2CC)n1. The van der Waals surface area contributed by atoms with E-state index in [0.717, 1.165) is 29.7 Å². The van der Waals surface area contributed by atoms with Gasteiger partial charge in [-0.25, -0.2) is 9.78 Å². The van der Waals surface area contributed by atoms with Crippen LogP contribution >= 0.6 is 11.3 Å². The van der Waals surface area contributed by atoms with Gasteiger partial charge < -0.3 is 4.74 Å². The lowest BCUT2D eigenvalue weighted by Crippen LogP contribution is -2.25. The molecule has 1 aromatic carbocycles. The van der Waals surface area contributed by atoms with Gasteiger partial charge in [0.15, 0.2) is 5.13 Å². The second-order valence-corrected chi connectivity index (χ2v) is 6.77. The molecule has 0 bridgehead atoms. The third kappa shape index (κ3) is 4.65. The van der Waals surface area contributed by atoms with Crippen molar-refractivity contribution in [3.8, 4) is 6.07 Å². The number of para-hydroxylation sites is 1. The van der Waals surface area contributed by atoms with Crippen LogP contribution in [-0.2, 0) is 27.2 Å². The molecular weight excluding hydrogens is 374 g/mol. The number of hydrogen-bond acceptors (Lipinski definition) is 6. The molecule has 0 saturated heterocycles. The van der Waals surface area contributed by atoms with Crippen LogP contribution in [0.4, 0.5) is 10.8 Å². The molecule has 0 saturated carbocycles. The first-order valence-electron chi connectivity index (χ1n) is 9.12. The van der Waals surface area contributed by atoms with Crippen molar-refractivity contribution in [2.75, 3.05) is 11.5 Å². The van der Waals surface area contributed by atoms with Crippen molar-refractivity contribution >= 4 is 40.1 Å². The normalized spacial score (nSPS) is 11.0. The van der Waals surface area contributed by atoms with E-state index < -0.39 is 5.97 Å². The lowest BCUT2D eigenvalue weighted by molar-refractivity contribution is -0.137. The fourth-order valence-corrected chi connectivity index (χ4v) is 3.66. The lowest BCUT2D eigenvalue weighted by Gasteiger charge is -2.24. The molecule has 0 aliphatic carbocycles. The van der Waals surface area contributed by atoms with Gasteiger partial charge in [0.05, 0.1) is 18.0 Å². The third-order valence-corrected chi connectivity index (χ3v) is 4.96. The smallest absolute Gasteiger partial charge is 0.348 e. The quantitative estimate of drug-likeness (QED) is 0.392. The van der Waals surface area contributed by atoms with Gasteiger partial charge in [-0.05, 0) is 37.0 Å². The van der Waals surface area contributed by atoms with Crippen LogP contribution in [0.2, 0.25) is 0 Å². The maximum Gasteiger partial charge on any atom is 0.348 e. The van der Waals surface area contributed by atoms with Gasteiger partial charge in [-0.2, -0.15) is 5.26 Å². The highest BCUT2D eigenvalue weighted by molar-refractivity contribution is 7.14. The summed E-state index contributed by atoms with van der Waals surface area (Å²) >= 11 is 1.28. The van der Waals surface area contributed by atoms with Crippen LogP contribution in [0.25, 0.3) is 6.08 Å². The van der Waals surface area contributed by atoms with Crippen LogP contribution < -0.4 is 4.90 Å². The lowest BCUT2D eigenvalue weighted by atomic mass is 10.0. The Morgan fingerprint density at radius 1 is 1.25 bits per heavy atom. The summed E-state index contributed by atoms with van der Waals surface area (Å²) in [7, 11) is 0. The van der Waals surface area contributed by atoms with Crippen molar-refractivity contribution in [1.29, 1.82) is 5.26 Å². The Morgan fingerprint density at radius 2 is 1.89 bits per heavy atom. The van der Waals surface area contributed by atoms with Gasteiger partial charge in [0.1, 0.15) is 11.6 Å². The zero-order valence-electron chi connectivity index (χ0n) is 16.5. The van der Waals surface area contributed by atoms with E-state index in [2.05, 4.69) is 4.98 Å². The highest BCUT2D eigenvalue weighted by Crippen LogP contribution is 2.35. The summed E-state index contributed by atoms with van der Waals surface area (Å²) < 4.78 is 4.87. The number of rotatable bonds is 7. The summed E-state index contributed by atoms with van der Waals surface area (Å²) in [4.78, 5) is 30.4. The fourth-order valence-electron chi connectivity index (χ4n) is 2.83. The highest BCUT2D eigenvalue weighted by Gasteiger charge is 2.23. The number of benzene rings is 1. The van der Waals surface area contributed by atoms with Gasteiger partial charge in [0.2, 0.25) is 5.91 Å². The van der Waals surface area contributed by atoms with E-state index >= 15 is 0 Å². The minimum Gasteiger partial charge on any atom is -0.462 e. The number of nitrogens with zero attached hydrogens (tertiary/aromatic N) is 3. The van der Waals surface area contributed by atoms with E-state index in [4.69, 9.17) is 4.74 Å². The summed E-state index contributed by atoms with van der Waals surface area (Å²) in [6.45, 7) is 7.46. The molecule has 0 aliphatic rings. The van der Waals surface area contributed by atoms with Crippen LogP contribution in [0.5, 0.6) is 0 Å². The number of ether oxygens (including phenoxy) is 1. The van der Waals surface area contributed by atoms with E-state index in [9.17, 15) is 14.9 Å². The van der Waals surface area contributed by atoms with E-state index in [1.54, 1.807) is 17.2 Å². The first-order valence-corrected chi connectivity index (χ1v) is 10.0. The van der Waals surface area contributed by atoms with E-state index in [1.807, 2.05) is 38.1 Å². The van der Waals surface area contributed by atoms with Gasteiger partial charge in [0.25, 0.3) is 0 Å². The topological polar surface area (TPSA) is 83.3 Å². The predicted octanol–water partition coefficient (Wildman–Crippen LogP) is 4.42. The van der Waals surface area contributed by atoms with Crippen LogP contribution in [0.1, 0.15) is 44.5 Å². The Hall–Kier alpha value is -2.98. The summed E-state index contributed by atoms with van der Waals surface area (Å²) in [5.74, 6) is -0.834. The average molecular weight is 398 g/mol. The molecule has 0 unspecified atom stereocenters. The van der Waals surface area contributed by atoms with Crippen molar-refractivity contribution in [3.05, 3.63) is 46.0 Å². The number of carbonyl (C=O) groups excluding carboxylic acids is 2. The second kappa shape index (κ2) is 9.81.